The SMILES string of the molecule is CC(C)(CCC(=O)OC(C)(C)C)CC(=O)C(=O)c1c(Cl)c(C(=O)Cl)c2n1CCC2. The molecule has 2 heterocycles. The Balaban J connectivity index is 2.11. The quantitative estimate of drug-likeness (QED) is 0.250. The Kier molecular flexibility index (Phi) is 7.01. The number of esters is 1. The number of halogens is 2. The van der Waals surface area contributed by atoms with Crippen molar-refractivity contribution in [1.29, 1.82) is 0 Å². The number of ether oxygens (including phenoxy) is 1. The lowest BCUT2D eigenvalue weighted by Crippen LogP contribution is -2.27. The van der Waals surface area contributed by atoms with Crippen molar-refractivity contribution >= 4 is 46.0 Å². The predicted molar refractivity (Wildman–Crippen MR) is 111 cm³/mol. The van der Waals surface area contributed by atoms with Gasteiger partial charge in [-0.2, -0.15) is 0 Å². The molecule has 0 aliphatic carbocycles. The fourth-order valence-electron chi connectivity index (χ4n) is 3.54. The molecule has 160 valence electrons. The van der Waals surface area contributed by atoms with Crippen LogP contribution in [0.25, 0.3) is 0 Å². The molecule has 0 aromatic carbocycles. The van der Waals surface area contributed by atoms with Crippen molar-refractivity contribution in [2.24, 2.45) is 5.41 Å². The second kappa shape index (κ2) is 8.60. The van der Waals surface area contributed by atoms with E-state index in [4.69, 9.17) is 27.9 Å². The highest BCUT2D eigenvalue weighted by Gasteiger charge is 2.35. The smallest absolute Gasteiger partial charge is 0.306 e. The first-order valence-electron chi connectivity index (χ1n) is 9.63. The topological polar surface area (TPSA) is 82.4 Å². The van der Waals surface area contributed by atoms with Crippen molar-refractivity contribution in [1.82, 2.24) is 4.57 Å². The van der Waals surface area contributed by atoms with Crippen LogP contribution in [0.1, 0.15) is 86.8 Å². The van der Waals surface area contributed by atoms with Crippen LogP contribution >= 0.6 is 23.2 Å². The van der Waals surface area contributed by atoms with Gasteiger partial charge in [0, 0.05) is 25.1 Å². The van der Waals surface area contributed by atoms with Gasteiger partial charge < -0.3 is 9.30 Å². The van der Waals surface area contributed by atoms with E-state index < -0.39 is 27.8 Å². The maximum atomic E-state index is 12.9. The van der Waals surface area contributed by atoms with Crippen molar-refractivity contribution in [2.45, 2.75) is 78.9 Å². The first-order chi connectivity index (χ1) is 13.2. The van der Waals surface area contributed by atoms with E-state index in [-0.39, 0.29) is 35.1 Å². The van der Waals surface area contributed by atoms with Crippen LogP contribution in [-0.4, -0.2) is 32.9 Å². The highest BCUT2D eigenvalue weighted by atomic mass is 35.5. The summed E-state index contributed by atoms with van der Waals surface area (Å²) < 4.78 is 6.92. The standard InChI is InChI=1S/C21H27Cl2NO5/c1-20(2,3)29-14(26)8-9-21(4,5)11-13(25)18(27)17-16(22)15(19(23)28)12-7-6-10-24(12)17/h6-11H2,1-5H3. The van der Waals surface area contributed by atoms with Crippen molar-refractivity contribution in [3.8, 4) is 0 Å². The summed E-state index contributed by atoms with van der Waals surface area (Å²) in [5, 5.41) is -0.783. The maximum absolute atomic E-state index is 12.9. The number of fused-ring (bicyclic) bond motifs is 1. The Labute approximate surface area is 180 Å². The molecule has 0 saturated carbocycles. The van der Waals surface area contributed by atoms with Crippen LogP contribution in [0.2, 0.25) is 5.02 Å². The minimum Gasteiger partial charge on any atom is -0.460 e. The van der Waals surface area contributed by atoms with Gasteiger partial charge in [-0.1, -0.05) is 25.4 Å². The first-order valence-corrected chi connectivity index (χ1v) is 10.4. The molecule has 2 rings (SSSR count). The summed E-state index contributed by atoms with van der Waals surface area (Å²) in [5.74, 6) is -1.68. The minimum atomic E-state index is -0.732. The summed E-state index contributed by atoms with van der Waals surface area (Å²) >= 11 is 11.9. The Hall–Kier alpha value is -1.66. The number of hydrogen-bond donors (Lipinski definition) is 0. The zero-order valence-electron chi connectivity index (χ0n) is 17.5. The Bertz CT molecular complexity index is 861. The molecule has 1 aliphatic rings. The Morgan fingerprint density at radius 2 is 1.72 bits per heavy atom. The van der Waals surface area contributed by atoms with Crippen LogP contribution in [0.15, 0.2) is 0 Å². The molecule has 29 heavy (non-hydrogen) atoms. The third-order valence-corrected chi connectivity index (χ3v) is 5.39. The second-order valence-electron chi connectivity index (χ2n) is 9.19. The average molecular weight is 444 g/mol. The highest BCUT2D eigenvalue weighted by Crippen LogP contribution is 2.35. The maximum Gasteiger partial charge on any atom is 0.306 e. The van der Waals surface area contributed by atoms with Gasteiger partial charge in [0.1, 0.15) is 11.3 Å². The lowest BCUT2D eigenvalue weighted by Gasteiger charge is -2.25. The highest BCUT2D eigenvalue weighted by molar-refractivity contribution is 6.69. The monoisotopic (exact) mass is 443 g/mol. The predicted octanol–water partition coefficient (Wildman–Crippen LogP) is 4.76. The van der Waals surface area contributed by atoms with Crippen molar-refractivity contribution in [2.75, 3.05) is 0 Å². The van der Waals surface area contributed by atoms with E-state index in [0.717, 1.165) is 6.42 Å². The van der Waals surface area contributed by atoms with E-state index in [9.17, 15) is 19.2 Å². The summed E-state index contributed by atoms with van der Waals surface area (Å²) in [4.78, 5) is 49.3. The molecule has 0 bridgehead atoms. The van der Waals surface area contributed by atoms with E-state index >= 15 is 0 Å². The zero-order valence-corrected chi connectivity index (χ0v) is 19.0. The van der Waals surface area contributed by atoms with Gasteiger partial charge in [0.15, 0.2) is 0 Å². The summed E-state index contributed by atoms with van der Waals surface area (Å²) in [6, 6.07) is 0. The molecule has 8 heteroatoms. The van der Waals surface area contributed by atoms with Crippen LogP contribution in [0, 0.1) is 5.41 Å². The van der Waals surface area contributed by atoms with E-state index in [0.29, 0.717) is 25.1 Å². The number of carbonyl (C=O) groups is 4. The van der Waals surface area contributed by atoms with Crippen LogP contribution in [0.4, 0.5) is 0 Å². The van der Waals surface area contributed by atoms with Crippen molar-refractivity contribution in [3.63, 3.8) is 0 Å². The largest absolute Gasteiger partial charge is 0.460 e. The van der Waals surface area contributed by atoms with Crippen LogP contribution in [-0.2, 0) is 27.3 Å². The van der Waals surface area contributed by atoms with Gasteiger partial charge in [-0.25, -0.2) is 0 Å². The fourth-order valence-corrected chi connectivity index (χ4v) is 4.17. The molecular weight excluding hydrogens is 417 g/mol. The van der Waals surface area contributed by atoms with Crippen molar-refractivity contribution < 1.29 is 23.9 Å². The van der Waals surface area contributed by atoms with E-state index in [2.05, 4.69) is 0 Å². The minimum absolute atomic E-state index is 0.0381. The first kappa shape index (κ1) is 23.6. The number of hydrogen-bond acceptors (Lipinski definition) is 5. The average Bonchev–Trinajstić information content (AvgIpc) is 3.09. The molecular formula is C21H27Cl2NO5. The van der Waals surface area contributed by atoms with Gasteiger partial charge in [-0.3, -0.25) is 19.2 Å². The molecule has 0 radical (unpaired) electrons. The molecule has 1 aliphatic heterocycles. The molecule has 0 N–H and O–H groups in total. The number of carbonyl (C=O) groups excluding carboxylic acids is 4. The number of Topliss-reactive ketones (excluding diaryl/α,β-unsaturated/α-hetero) is 2. The molecule has 1 aromatic rings. The third kappa shape index (κ3) is 5.70. The van der Waals surface area contributed by atoms with E-state index in [1.807, 2.05) is 13.8 Å². The van der Waals surface area contributed by atoms with Gasteiger partial charge in [0.25, 0.3) is 5.24 Å². The number of nitrogens with zero attached hydrogens (tertiary/aromatic N) is 1. The lowest BCUT2D eigenvalue weighted by atomic mass is 9.81. The van der Waals surface area contributed by atoms with Gasteiger partial charge >= 0.3 is 5.97 Å². The molecule has 0 unspecified atom stereocenters. The molecule has 0 fully saturated rings. The summed E-state index contributed by atoms with van der Waals surface area (Å²) in [6.45, 7) is 9.52. The molecule has 0 spiro atoms. The molecule has 6 nitrogen and oxygen atoms in total. The number of ketones is 2. The lowest BCUT2D eigenvalue weighted by molar-refractivity contribution is -0.155. The molecule has 0 saturated heterocycles. The van der Waals surface area contributed by atoms with Crippen LogP contribution in [0.5, 0.6) is 0 Å². The second-order valence-corrected chi connectivity index (χ2v) is 9.91. The van der Waals surface area contributed by atoms with Crippen molar-refractivity contribution in [3.05, 3.63) is 22.0 Å². The van der Waals surface area contributed by atoms with Gasteiger partial charge in [0.05, 0.1) is 10.6 Å². The summed E-state index contributed by atoms with van der Waals surface area (Å²) in [5.41, 5.74) is -0.393. The molecule has 0 atom stereocenters. The third-order valence-electron chi connectivity index (χ3n) is 4.84. The Morgan fingerprint density at radius 1 is 1.10 bits per heavy atom. The number of rotatable bonds is 8. The van der Waals surface area contributed by atoms with Crippen LogP contribution in [0.3, 0.4) is 0 Å². The summed E-state index contributed by atoms with van der Waals surface area (Å²) in [7, 11) is 0. The van der Waals surface area contributed by atoms with Gasteiger partial charge in [0.2, 0.25) is 11.6 Å². The fraction of sp³-hybridized carbons (Fsp3) is 0.619. The van der Waals surface area contributed by atoms with Gasteiger partial charge in [-0.15, -0.1) is 0 Å². The normalized spacial score (nSPS) is 13.9. The van der Waals surface area contributed by atoms with Gasteiger partial charge in [-0.05, 0) is 57.0 Å². The molecule has 0 amide bonds. The zero-order chi connectivity index (χ0) is 22.1. The van der Waals surface area contributed by atoms with Crippen LogP contribution < -0.4 is 0 Å². The Morgan fingerprint density at radius 3 is 2.28 bits per heavy atom. The molecule has 1 aromatic heterocycles. The van der Waals surface area contributed by atoms with E-state index in [1.165, 1.54) is 0 Å². The summed E-state index contributed by atoms with van der Waals surface area (Å²) in [6.07, 6.45) is 1.83. The number of aromatic nitrogens is 1. The van der Waals surface area contributed by atoms with E-state index in [1.54, 1.807) is 25.3 Å².